The number of fused-ring (bicyclic) bond motifs is 1. The number of benzene rings is 1. The minimum atomic E-state index is -0.0770. The van der Waals surface area contributed by atoms with Crippen molar-refractivity contribution in [2.45, 2.75) is 26.7 Å². The van der Waals surface area contributed by atoms with Crippen molar-refractivity contribution < 1.29 is 9.53 Å². The number of thiocarbonyl (C=S) groups is 1. The first-order valence-corrected chi connectivity index (χ1v) is 11.0. The monoisotopic (exact) mass is 409 g/mol. The highest BCUT2D eigenvalue weighted by Crippen LogP contribution is 2.29. The third kappa shape index (κ3) is 5.08. The number of thioether (sulfide) groups is 1. The van der Waals surface area contributed by atoms with Crippen LogP contribution in [0.5, 0.6) is 5.75 Å². The van der Waals surface area contributed by atoms with Crippen molar-refractivity contribution in [2.75, 3.05) is 30.8 Å². The number of nitrogens with zero attached hydrogens (tertiary/aromatic N) is 2. The molecule has 2 aromatic rings. The first-order chi connectivity index (χ1) is 12.5. The van der Waals surface area contributed by atoms with Gasteiger partial charge in [0, 0.05) is 13.1 Å². The van der Waals surface area contributed by atoms with Crippen molar-refractivity contribution in [1.82, 2.24) is 9.88 Å². The zero-order chi connectivity index (χ0) is 18.5. The standard InChI is InChI=1S/C18H23N3O2S3/c1-3-23-13-4-5-14-15(10-13)26-17(19-14)20-16(22)11-25-18(24)21-8-6-12(2)7-9-21/h4-5,10,12H,3,6-9,11H2,1-2H3,(H,19,20,22). The van der Waals surface area contributed by atoms with Gasteiger partial charge in [0.15, 0.2) is 5.13 Å². The number of ether oxygens (including phenoxy) is 1. The van der Waals surface area contributed by atoms with Gasteiger partial charge < -0.3 is 15.0 Å². The number of carbonyl (C=O) groups is 1. The molecule has 8 heteroatoms. The van der Waals surface area contributed by atoms with Crippen molar-refractivity contribution >= 4 is 60.9 Å². The van der Waals surface area contributed by atoms with Crippen LogP contribution in [0.2, 0.25) is 0 Å². The van der Waals surface area contributed by atoms with Crippen LogP contribution < -0.4 is 10.1 Å². The predicted octanol–water partition coefficient (Wildman–Crippen LogP) is 4.38. The van der Waals surface area contributed by atoms with Crippen molar-refractivity contribution in [2.24, 2.45) is 5.92 Å². The fourth-order valence-corrected chi connectivity index (χ4v) is 4.74. The number of hydrogen-bond donors (Lipinski definition) is 1. The second-order valence-electron chi connectivity index (χ2n) is 6.35. The topological polar surface area (TPSA) is 54.5 Å². The van der Waals surface area contributed by atoms with E-state index in [1.165, 1.54) is 35.9 Å². The second kappa shape index (κ2) is 9.01. The smallest absolute Gasteiger partial charge is 0.236 e. The SMILES string of the molecule is CCOc1ccc2nc(NC(=O)CSC(=S)N3CCC(C)CC3)sc2c1. The molecule has 1 fully saturated rings. The summed E-state index contributed by atoms with van der Waals surface area (Å²) >= 11 is 8.35. The van der Waals surface area contributed by atoms with Crippen LogP contribution in [0.3, 0.4) is 0 Å². The van der Waals surface area contributed by atoms with Crippen molar-refractivity contribution in [3.8, 4) is 5.75 Å². The van der Waals surface area contributed by atoms with Crippen LogP contribution in [0.4, 0.5) is 5.13 Å². The molecule has 0 spiro atoms. The number of likely N-dealkylation sites (tertiary alicyclic amines) is 1. The van der Waals surface area contributed by atoms with Gasteiger partial charge in [-0.15, -0.1) is 0 Å². The van der Waals surface area contributed by atoms with Crippen molar-refractivity contribution in [3.05, 3.63) is 18.2 Å². The van der Waals surface area contributed by atoms with E-state index in [1.807, 2.05) is 25.1 Å². The number of anilines is 1. The van der Waals surface area contributed by atoms with E-state index in [9.17, 15) is 4.79 Å². The van der Waals surface area contributed by atoms with Crippen LogP contribution in [0.25, 0.3) is 10.2 Å². The molecule has 0 aliphatic carbocycles. The molecule has 1 aliphatic heterocycles. The van der Waals surface area contributed by atoms with Crippen molar-refractivity contribution in [3.63, 3.8) is 0 Å². The van der Waals surface area contributed by atoms with Gasteiger partial charge in [-0.25, -0.2) is 4.98 Å². The predicted molar refractivity (Wildman–Crippen MR) is 114 cm³/mol. The summed E-state index contributed by atoms with van der Waals surface area (Å²) in [6.07, 6.45) is 2.34. The Morgan fingerprint density at radius 1 is 1.46 bits per heavy atom. The van der Waals surface area contributed by atoms with Gasteiger partial charge in [0.25, 0.3) is 0 Å². The molecule has 1 aromatic heterocycles. The fourth-order valence-electron chi connectivity index (χ4n) is 2.78. The number of piperidine rings is 1. The Hall–Kier alpha value is -1.38. The number of thiazole rings is 1. The van der Waals surface area contributed by atoms with Crippen LogP contribution in [0.1, 0.15) is 26.7 Å². The van der Waals surface area contributed by atoms with E-state index in [0.29, 0.717) is 17.5 Å². The molecule has 2 heterocycles. The lowest BCUT2D eigenvalue weighted by Crippen LogP contribution is -2.36. The number of carbonyl (C=O) groups excluding carboxylic acids is 1. The van der Waals surface area contributed by atoms with Crippen molar-refractivity contribution in [1.29, 1.82) is 0 Å². The lowest BCUT2D eigenvalue weighted by atomic mass is 10.00. The molecule has 0 unspecified atom stereocenters. The second-order valence-corrected chi connectivity index (χ2v) is 8.99. The van der Waals surface area contributed by atoms with Gasteiger partial charge in [0.2, 0.25) is 5.91 Å². The first-order valence-electron chi connectivity index (χ1n) is 8.80. The molecule has 0 bridgehead atoms. The van der Waals surface area contributed by atoms with Crippen LogP contribution in [-0.4, -0.2) is 45.6 Å². The normalized spacial score (nSPS) is 15.2. The highest BCUT2D eigenvalue weighted by Gasteiger charge is 2.19. The molecule has 3 rings (SSSR count). The van der Waals surface area contributed by atoms with E-state index >= 15 is 0 Å². The Kier molecular flexibility index (Phi) is 6.72. The maximum Gasteiger partial charge on any atom is 0.236 e. The molecule has 1 N–H and O–H groups in total. The molecule has 1 amide bonds. The molecule has 140 valence electrons. The number of hydrogen-bond acceptors (Lipinski definition) is 6. The molecule has 1 saturated heterocycles. The maximum absolute atomic E-state index is 12.2. The average Bonchev–Trinajstić information content (AvgIpc) is 3.02. The maximum atomic E-state index is 12.2. The third-order valence-electron chi connectivity index (χ3n) is 4.29. The van der Waals surface area contributed by atoms with E-state index in [-0.39, 0.29) is 5.91 Å². The quantitative estimate of drug-likeness (QED) is 0.740. The summed E-state index contributed by atoms with van der Waals surface area (Å²) in [7, 11) is 0. The summed E-state index contributed by atoms with van der Waals surface area (Å²) in [4.78, 5) is 18.9. The zero-order valence-electron chi connectivity index (χ0n) is 15.0. The van der Waals surface area contributed by atoms with Crippen LogP contribution in [-0.2, 0) is 4.79 Å². The van der Waals surface area contributed by atoms with E-state index in [0.717, 1.165) is 39.3 Å². The van der Waals surface area contributed by atoms with Gasteiger partial charge in [0.1, 0.15) is 10.1 Å². The van der Waals surface area contributed by atoms with E-state index in [1.54, 1.807) is 0 Å². The minimum absolute atomic E-state index is 0.0770. The average molecular weight is 410 g/mol. The van der Waals surface area contributed by atoms with Gasteiger partial charge in [-0.05, 0) is 43.9 Å². The number of nitrogens with one attached hydrogen (secondary N) is 1. The third-order valence-corrected chi connectivity index (χ3v) is 6.74. The Morgan fingerprint density at radius 3 is 2.96 bits per heavy atom. The molecule has 5 nitrogen and oxygen atoms in total. The van der Waals surface area contributed by atoms with Gasteiger partial charge >= 0.3 is 0 Å². The Bertz CT molecular complexity index is 785. The van der Waals surface area contributed by atoms with E-state index < -0.39 is 0 Å². The Balaban J connectivity index is 1.51. The number of amides is 1. The summed E-state index contributed by atoms with van der Waals surface area (Å²) in [6, 6.07) is 5.76. The van der Waals surface area contributed by atoms with E-state index in [2.05, 4.69) is 22.1 Å². The summed E-state index contributed by atoms with van der Waals surface area (Å²) in [5.74, 6) is 1.82. The fraction of sp³-hybridized carbons (Fsp3) is 0.500. The molecular formula is C18H23N3O2S3. The van der Waals surface area contributed by atoms with Crippen LogP contribution in [0, 0.1) is 5.92 Å². The van der Waals surface area contributed by atoms with Gasteiger partial charge in [-0.3, -0.25) is 4.79 Å². The molecule has 1 aliphatic rings. The Morgan fingerprint density at radius 2 is 2.23 bits per heavy atom. The minimum Gasteiger partial charge on any atom is -0.494 e. The van der Waals surface area contributed by atoms with Gasteiger partial charge in [-0.1, -0.05) is 42.2 Å². The summed E-state index contributed by atoms with van der Waals surface area (Å²) in [6.45, 7) is 6.84. The largest absolute Gasteiger partial charge is 0.494 e. The van der Waals surface area contributed by atoms with Gasteiger partial charge in [-0.2, -0.15) is 0 Å². The molecule has 0 saturated carbocycles. The lowest BCUT2D eigenvalue weighted by Gasteiger charge is -2.31. The zero-order valence-corrected chi connectivity index (χ0v) is 17.4. The Labute approximate surface area is 167 Å². The highest BCUT2D eigenvalue weighted by molar-refractivity contribution is 8.23. The van der Waals surface area contributed by atoms with Gasteiger partial charge in [0.05, 0.1) is 22.6 Å². The molecule has 0 radical (unpaired) electrons. The van der Waals surface area contributed by atoms with Crippen LogP contribution >= 0.6 is 35.3 Å². The molecule has 26 heavy (non-hydrogen) atoms. The molecule has 0 atom stereocenters. The molecule has 1 aromatic carbocycles. The van der Waals surface area contributed by atoms with Crippen LogP contribution in [0.15, 0.2) is 18.2 Å². The summed E-state index contributed by atoms with van der Waals surface area (Å²) < 4.78 is 7.32. The summed E-state index contributed by atoms with van der Waals surface area (Å²) in [5, 5.41) is 3.49. The highest BCUT2D eigenvalue weighted by atomic mass is 32.2. The lowest BCUT2D eigenvalue weighted by molar-refractivity contribution is -0.113. The summed E-state index contributed by atoms with van der Waals surface area (Å²) in [5.41, 5.74) is 0.861. The first kappa shape index (κ1) is 19.4. The van der Waals surface area contributed by atoms with E-state index in [4.69, 9.17) is 17.0 Å². The number of aromatic nitrogens is 1. The molecular weight excluding hydrogens is 386 g/mol. The number of rotatable bonds is 5.